The molecule has 0 bridgehead atoms. The normalized spacial score (nSPS) is 14.8. The van der Waals surface area contributed by atoms with E-state index in [1.54, 1.807) is 23.6 Å². The summed E-state index contributed by atoms with van der Waals surface area (Å²) in [6, 6.07) is -0.142. The Hall–Kier alpha value is -2.95. The van der Waals surface area contributed by atoms with Crippen LogP contribution in [0.5, 0.6) is 0 Å². The van der Waals surface area contributed by atoms with E-state index in [0.717, 1.165) is 16.6 Å². The standard InChI is InChI=1S/C14H17N9OS/c1-21-9-17-20-13(21)22-3-5-23(6-4-22)14(24)18-10-8-16-19-11(10)12-15-2-7-25-12/h2,7-9H,3-6H2,1H3,(H,16,19)(H,18,24). The number of hydrogen-bond donors (Lipinski definition) is 2. The predicted octanol–water partition coefficient (Wildman–Crippen LogP) is 1.02. The quantitative estimate of drug-likeness (QED) is 0.723. The van der Waals surface area contributed by atoms with Crippen molar-refractivity contribution in [3.05, 3.63) is 24.1 Å². The first-order chi connectivity index (χ1) is 12.2. The molecule has 1 saturated heterocycles. The number of thiazole rings is 1. The molecule has 2 amide bonds. The second-order valence-corrected chi connectivity index (χ2v) is 6.54. The molecule has 0 atom stereocenters. The van der Waals surface area contributed by atoms with Crippen LogP contribution in [0.15, 0.2) is 24.1 Å². The highest BCUT2D eigenvalue weighted by Gasteiger charge is 2.24. The van der Waals surface area contributed by atoms with Crippen molar-refractivity contribution in [2.75, 3.05) is 36.4 Å². The number of urea groups is 1. The Kier molecular flexibility index (Phi) is 4.06. The highest BCUT2D eigenvalue weighted by atomic mass is 32.1. The monoisotopic (exact) mass is 359 g/mol. The number of aryl methyl sites for hydroxylation is 1. The average molecular weight is 359 g/mol. The Morgan fingerprint density at radius 1 is 1.32 bits per heavy atom. The van der Waals surface area contributed by atoms with Crippen molar-refractivity contribution in [1.82, 2.24) is 34.8 Å². The molecule has 3 aromatic heterocycles. The van der Waals surface area contributed by atoms with E-state index in [4.69, 9.17) is 0 Å². The van der Waals surface area contributed by atoms with Crippen LogP contribution in [0.1, 0.15) is 0 Å². The number of amides is 2. The SMILES string of the molecule is Cn1cnnc1N1CCN(C(=O)Nc2cn[nH]c2-c2nccs2)CC1. The van der Waals surface area contributed by atoms with E-state index < -0.39 is 0 Å². The van der Waals surface area contributed by atoms with Gasteiger partial charge in [-0.2, -0.15) is 5.10 Å². The van der Waals surface area contributed by atoms with Crippen molar-refractivity contribution < 1.29 is 4.79 Å². The highest BCUT2D eigenvalue weighted by Crippen LogP contribution is 2.27. The molecular weight excluding hydrogens is 342 g/mol. The van der Waals surface area contributed by atoms with Gasteiger partial charge in [0.2, 0.25) is 5.95 Å². The fraction of sp³-hybridized carbons (Fsp3) is 0.357. The molecular formula is C14H17N9OS. The lowest BCUT2D eigenvalue weighted by Gasteiger charge is -2.34. The molecule has 0 radical (unpaired) electrons. The van der Waals surface area contributed by atoms with Crippen LogP contribution in [0.4, 0.5) is 16.4 Å². The van der Waals surface area contributed by atoms with E-state index in [9.17, 15) is 4.79 Å². The summed E-state index contributed by atoms with van der Waals surface area (Å²) in [5, 5.41) is 20.5. The van der Waals surface area contributed by atoms with Gasteiger partial charge < -0.3 is 19.7 Å². The van der Waals surface area contributed by atoms with Crippen LogP contribution in [0.2, 0.25) is 0 Å². The Labute approximate surface area is 147 Å². The molecule has 11 heteroatoms. The predicted molar refractivity (Wildman–Crippen MR) is 93.5 cm³/mol. The summed E-state index contributed by atoms with van der Waals surface area (Å²) in [7, 11) is 1.91. The number of anilines is 2. The molecule has 1 fully saturated rings. The smallest absolute Gasteiger partial charge is 0.322 e. The van der Waals surface area contributed by atoms with Gasteiger partial charge >= 0.3 is 6.03 Å². The first kappa shape index (κ1) is 15.6. The van der Waals surface area contributed by atoms with Gasteiger partial charge in [-0.25, -0.2) is 9.78 Å². The number of carbonyl (C=O) groups excluding carboxylic acids is 1. The van der Waals surface area contributed by atoms with Gasteiger partial charge in [0.05, 0.1) is 11.9 Å². The van der Waals surface area contributed by atoms with Crippen LogP contribution in [0, 0.1) is 0 Å². The summed E-state index contributed by atoms with van der Waals surface area (Å²) < 4.78 is 1.88. The van der Waals surface area contributed by atoms with Crippen LogP contribution in [-0.2, 0) is 7.05 Å². The zero-order valence-electron chi connectivity index (χ0n) is 13.6. The summed E-state index contributed by atoms with van der Waals surface area (Å²) in [5.41, 5.74) is 1.36. The molecule has 0 saturated carbocycles. The fourth-order valence-corrected chi connectivity index (χ4v) is 3.40. The summed E-state index contributed by atoms with van der Waals surface area (Å²) in [6.07, 6.45) is 5.00. The molecule has 3 aromatic rings. The number of aromatic amines is 1. The van der Waals surface area contributed by atoms with Gasteiger partial charge in [-0.15, -0.1) is 21.5 Å². The summed E-state index contributed by atoms with van der Waals surface area (Å²) in [6.45, 7) is 2.65. The number of hydrogen-bond acceptors (Lipinski definition) is 7. The topological polar surface area (TPSA) is 108 Å². The third kappa shape index (κ3) is 3.05. The number of rotatable bonds is 3. The average Bonchev–Trinajstić information content (AvgIpc) is 3.36. The summed E-state index contributed by atoms with van der Waals surface area (Å²) in [5.74, 6) is 0.820. The zero-order valence-corrected chi connectivity index (χ0v) is 14.4. The second kappa shape index (κ2) is 6.51. The minimum absolute atomic E-state index is 0.142. The van der Waals surface area contributed by atoms with E-state index in [2.05, 4.69) is 35.6 Å². The fourth-order valence-electron chi connectivity index (χ4n) is 2.76. The second-order valence-electron chi connectivity index (χ2n) is 5.64. The lowest BCUT2D eigenvalue weighted by atomic mass is 10.3. The van der Waals surface area contributed by atoms with Gasteiger partial charge in [0, 0.05) is 44.8 Å². The van der Waals surface area contributed by atoms with Crippen molar-refractivity contribution in [1.29, 1.82) is 0 Å². The Morgan fingerprint density at radius 2 is 2.16 bits per heavy atom. The van der Waals surface area contributed by atoms with Crippen LogP contribution < -0.4 is 10.2 Å². The molecule has 0 aliphatic carbocycles. The third-order valence-electron chi connectivity index (χ3n) is 4.06. The van der Waals surface area contributed by atoms with Gasteiger partial charge in [-0.1, -0.05) is 0 Å². The number of carbonyl (C=O) groups is 1. The Balaban J connectivity index is 1.39. The minimum Gasteiger partial charge on any atom is -0.337 e. The van der Waals surface area contributed by atoms with Gasteiger partial charge in [0.15, 0.2) is 0 Å². The van der Waals surface area contributed by atoms with E-state index >= 15 is 0 Å². The molecule has 2 N–H and O–H groups in total. The van der Waals surface area contributed by atoms with Crippen molar-refractivity contribution in [3.8, 4) is 10.7 Å². The molecule has 25 heavy (non-hydrogen) atoms. The maximum Gasteiger partial charge on any atom is 0.322 e. The lowest BCUT2D eigenvalue weighted by Crippen LogP contribution is -2.50. The molecule has 1 aliphatic heterocycles. The number of aromatic nitrogens is 6. The van der Waals surface area contributed by atoms with E-state index in [1.807, 2.05) is 17.0 Å². The highest BCUT2D eigenvalue weighted by molar-refractivity contribution is 7.13. The lowest BCUT2D eigenvalue weighted by molar-refractivity contribution is 0.208. The van der Waals surface area contributed by atoms with Crippen LogP contribution >= 0.6 is 11.3 Å². The van der Waals surface area contributed by atoms with Gasteiger partial charge in [-0.05, 0) is 0 Å². The Morgan fingerprint density at radius 3 is 2.84 bits per heavy atom. The maximum atomic E-state index is 12.6. The van der Waals surface area contributed by atoms with Crippen molar-refractivity contribution in [3.63, 3.8) is 0 Å². The van der Waals surface area contributed by atoms with Gasteiger partial charge in [0.25, 0.3) is 0 Å². The molecule has 1 aliphatic rings. The van der Waals surface area contributed by atoms with Crippen LogP contribution in [-0.4, -0.2) is 67.1 Å². The molecule has 130 valence electrons. The number of nitrogens with zero attached hydrogens (tertiary/aromatic N) is 7. The maximum absolute atomic E-state index is 12.6. The van der Waals surface area contributed by atoms with Crippen molar-refractivity contribution >= 4 is 29.0 Å². The Bertz CT molecular complexity index is 847. The molecule has 0 spiro atoms. The first-order valence-corrected chi connectivity index (χ1v) is 8.68. The van der Waals surface area contributed by atoms with Crippen molar-refractivity contribution in [2.45, 2.75) is 0 Å². The summed E-state index contributed by atoms with van der Waals surface area (Å²) in [4.78, 5) is 20.7. The largest absolute Gasteiger partial charge is 0.337 e. The molecule has 4 rings (SSSR count). The summed E-state index contributed by atoms with van der Waals surface area (Å²) >= 11 is 1.49. The van der Waals surface area contributed by atoms with E-state index in [1.165, 1.54) is 11.3 Å². The number of piperazine rings is 1. The molecule has 10 nitrogen and oxygen atoms in total. The van der Waals surface area contributed by atoms with Gasteiger partial charge in [-0.3, -0.25) is 5.10 Å². The van der Waals surface area contributed by atoms with Crippen LogP contribution in [0.25, 0.3) is 10.7 Å². The molecule has 0 aromatic carbocycles. The van der Waals surface area contributed by atoms with Gasteiger partial charge in [0.1, 0.15) is 17.0 Å². The first-order valence-electron chi connectivity index (χ1n) is 7.80. The zero-order chi connectivity index (χ0) is 17.2. The van der Waals surface area contributed by atoms with Crippen molar-refractivity contribution in [2.24, 2.45) is 7.05 Å². The van der Waals surface area contributed by atoms with E-state index in [0.29, 0.717) is 31.9 Å². The van der Waals surface area contributed by atoms with E-state index in [-0.39, 0.29) is 6.03 Å². The number of nitrogens with one attached hydrogen (secondary N) is 2. The van der Waals surface area contributed by atoms with Crippen LogP contribution in [0.3, 0.4) is 0 Å². The minimum atomic E-state index is -0.142. The molecule has 0 unspecified atom stereocenters. The third-order valence-corrected chi connectivity index (χ3v) is 4.85. The molecule has 4 heterocycles. The number of H-pyrrole nitrogens is 1.